The second-order valence-electron chi connectivity index (χ2n) is 5.20. The minimum Gasteiger partial charge on any atom is -0.330 e. The Hall–Kier alpha value is -1.32. The molecule has 0 aliphatic carbocycles. The van der Waals surface area contributed by atoms with Gasteiger partial charge in [0.1, 0.15) is 0 Å². The molecule has 1 heterocycles. The highest BCUT2D eigenvalue weighted by Gasteiger charge is 2.15. The van der Waals surface area contributed by atoms with Gasteiger partial charge in [-0.2, -0.15) is 5.10 Å². The van der Waals surface area contributed by atoms with Gasteiger partial charge in [-0.15, -0.1) is 0 Å². The third kappa shape index (κ3) is 3.41. The highest BCUT2D eigenvalue weighted by atomic mass is 35.5. The van der Waals surface area contributed by atoms with Gasteiger partial charge >= 0.3 is 0 Å². The zero-order valence-corrected chi connectivity index (χ0v) is 12.8. The second-order valence-corrected chi connectivity index (χ2v) is 5.61. The first-order chi connectivity index (χ1) is 9.65. The van der Waals surface area contributed by atoms with Gasteiger partial charge in [0.15, 0.2) is 0 Å². The monoisotopic (exact) mass is 291 g/mol. The fourth-order valence-corrected chi connectivity index (χ4v) is 2.59. The van der Waals surface area contributed by atoms with Crippen molar-refractivity contribution in [1.29, 1.82) is 0 Å². The van der Waals surface area contributed by atoms with Crippen LogP contribution in [0.15, 0.2) is 36.5 Å². The average molecular weight is 292 g/mol. The van der Waals surface area contributed by atoms with Crippen molar-refractivity contribution in [2.24, 2.45) is 5.73 Å². The molecule has 2 N–H and O–H groups in total. The Morgan fingerprint density at radius 3 is 2.70 bits per heavy atom. The Morgan fingerprint density at radius 2 is 2.05 bits per heavy atom. The van der Waals surface area contributed by atoms with E-state index in [1.54, 1.807) is 0 Å². The van der Waals surface area contributed by atoms with Crippen LogP contribution in [-0.4, -0.2) is 16.3 Å². The Bertz CT molecular complexity index is 550. The van der Waals surface area contributed by atoms with E-state index in [-0.39, 0.29) is 5.92 Å². The molecule has 108 valence electrons. The number of nitrogens with two attached hydrogens (primary N) is 1. The number of hydrogen-bond acceptors (Lipinski definition) is 2. The standard InChI is InChI=1S/C16H22ClN3/c1-3-12(2)20-9-8-14(19-20)10-13(11-18)15-6-4-5-7-16(15)17/h4-9,12-13H,3,10-11,18H2,1-2H3. The van der Waals surface area contributed by atoms with Gasteiger partial charge in [-0.1, -0.05) is 36.7 Å². The van der Waals surface area contributed by atoms with Gasteiger partial charge in [0.2, 0.25) is 0 Å². The summed E-state index contributed by atoms with van der Waals surface area (Å²) in [6.45, 7) is 4.91. The van der Waals surface area contributed by atoms with E-state index in [9.17, 15) is 0 Å². The minimum absolute atomic E-state index is 0.212. The molecular weight excluding hydrogens is 270 g/mol. The molecule has 0 aliphatic heterocycles. The molecule has 0 bridgehead atoms. The first kappa shape index (κ1) is 15.1. The van der Waals surface area contributed by atoms with Crippen molar-refractivity contribution in [3.05, 3.63) is 52.8 Å². The van der Waals surface area contributed by atoms with Gasteiger partial charge in [-0.05, 0) is 44.0 Å². The fraction of sp³-hybridized carbons (Fsp3) is 0.438. The van der Waals surface area contributed by atoms with Crippen LogP contribution in [0.3, 0.4) is 0 Å². The fourth-order valence-electron chi connectivity index (χ4n) is 2.30. The van der Waals surface area contributed by atoms with Crippen LogP contribution < -0.4 is 5.73 Å². The lowest BCUT2D eigenvalue weighted by atomic mass is 9.94. The summed E-state index contributed by atoms with van der Waals surface area (Å²) in [4.78, 5) is 0. The van der Waals surface area contributed by atoms with E-state index in [0.29, 0.717) is 12.6 Å². The molecule has 3 nitrogen and oxygen atoms in total. The molecule has 2 atom stereocenters. The lowest BCUT2D eigenvalue weighted by Crippen LogP contribution is -2.16. The summed E-state index contributed by atoms with van der Waals surface area (Å²) in [5.41, 5.74) is 8.10. The first-order valence-corrected chi connectivity index (χ1v) is 7.52. The number of hydrogen-bond donors (Lipinski definition) is 1. The lowest BCUT2D eigenvalue weighted by Gasteiger charge is -2.15. The topological polar surface area (TPSA) is 43.8 Å². The molecule has 0 fully saturated rings. The normalized spacial score (nSPS) is 14.2. The highest BCUT2D eigenvalue weighted by Crippen LogP contribution is 2.26. The number of nitrogens with zero attached hydrogens (tertiary/aromatic N) is 2. The summed E-state index contributed by atoms with van der Waals surface area (Å²) in [6, 6.07) is 10.4. The largest absolute Gasteiger partial charge is 0.330 e. The number of benzene rings is 1. The Kier molecular flexibility index (Phi) is 5.21. The number of halogens is 1. The van der Waals surface area contributed by atoms with E-state index in [1.807, 2.05) is 35.1 Å². The quantitative estimate of drug-likeness (QED) is 0.880. The molecule has 1 aromatic carbocycles. The molecule has 0 amide bonds. The van der Waals surface area contributed by atoms with Crippen molar-refractivity contribution in [2.75, 3.05) is 6.54 Å². The maximum absolute atomic E-state index is 6.26. The van der Waals surface area contributed by atoms with Crippen molar-refractivity contribution in [1.82, 2.24) is 9.78 Å². The predicted molar refractivity (Wildman–Crippen MR) is 84.2 cm³/mol. The molecule has 1 aromatic heterocycles. The van der Waals surface area contributed by atoms with Gasteiger partial charge < -0.3 is 5.73 Å². The lowest BCUT2D eigenvalue weighted by molar-refractivity contribution is 0.471. The predicted octanol–water partition coefficient (Wildman–Crippen LogP) is 3.79. The third-order valence-electron chi connectivity index (χ3n) is 3.79. The maximum Gasteiger partial charge on any atom is 0.0631 e. The Balaban J connectivity index is 2.15. The van der Waals surface area contributed by atoms with Crippen LogP contribution in [0.25, 0.3) is 0 Å². The van der Waals surface area contributed by atoms with Gasteiger partial charge in [0.25, 0.3) is 0 Å². The highest BCUT2D eigenvalue weighted by molar-refractivity contribution is 6.31. The Labute approximate surface area is 125 Å². The van der Waals surface area contributed by atoms with Crippen LogP contribution in [-0.2, 0) is 6.42 Å². The van der Waals surface area contributed by atoms with Crippen molar-refractivity contribution >= 4 is 11.6 Å². The maximum atomic E-state index is 6.26. The summed E-state index contributed by atoms with van der Waals surface area (Å²) in [5.74, 6) is 0.212. The van der Waals surface area contributed by atoms with Gasteiger partial charge in [0.05, 0.1) is 5.69 Å². The summed E-state index contributed by atoms with van der Waals surface area (Å²) >= 11 is 6.26. The molecule has 2 aromatic rings. The van der Waals surface area contributed by atoms with Gasteiger partial charge in [-0.3, -0.25) is 4.68 Å². The van der Waals surface area contributed by atoms with Gasteiger partial charge in [0, 0.05) is 23.2 Å². The molecule has 0 radical (unpaired) electrons. The number of rotatable bonds is 6. The molecule has 20 heavy (non-hydrogen) atoms. The summed E-state index contributed by atoms with van der Waals surface area (Å²) in [7, 11) is 0. The van der Waals surface area contributed by atoms with E-state index >= 15 is 0 Å². The summed E-state index contributed by atoms with van der Waals surface area (Å²) < 4.78 is 2.02. The van der Waals surface area contributed by atoms with Crippen LogP contribution in [0.5, 0.6) is 0 Å². The molecule has 2 unspecified atom stereocenters. The van der Waals surface area contributed by atoms with Crippen LogP contribution >= 0.6 is 11.6 Å². The van der Waals surface area contributed by atoms with E-state index in [2.05, 4.69) is 25.0 Å². The zero-order chi connectivity index (χ0) is 14.5. The van der Waals surface area contributed by atoms with Crippen molar-refractivity contribution in [2.45, 2.75) is 38.6 Å². The zero-order valence-electron chi connectivity index (χ0n) is 12.1. The van der Waals surface area contributed by atoms with E-state index in [1.165, 1.54) is 0 Å². The molecule has 0 saturated carbocycles. The smallest absolute Gasteiger partial charge is 0.0631 e. The summed E-state index contributed by atoms with van der Waals surface area (Å²) in [6.07, 6.45) is 3.94. The molecular formula is C16H22ClN3. The van der Waals surface area contributed by atoms with Crippen molar-refractivity contribution in [3.63, 3.8) is 0 Å². The van der Waals surface area contributed by atoms with E-state index in [0.717, 1.165) is 29.1 Å². The molecule has 0 spiro atoms. The van der Waals surface area contributed by atoms with Gasteiger partial charge in [-0.25, -0.2) is 0 Å². The SMILES string of the molecule is CCC(C)n1ccc(CC(CN)c2ccccc2Cl)n1. The molecule has 4 heteroatoms. The third-order valence-corrected chi connectivity index (χ3v) is 4.14. The van der Waals surface area contributed by atoms with Crippen LogP contribution in [0, 0.1) is 0 Å². The molecule has 0 saturated heterocycles. The minimum atomic E-state index is 0.212. The first-order valence-electron chi connectivity index (χ1n) is 7.14. The average Bonchev–Trinajstić information content (AvgIpc) is 2.93. The van der Waals surface area contributed by atoms with Crippen LogP contribution in [0.2, 0.25) is 5.02 Å². The van der Waals surface area contributed by atoms with Crippen LogP contribution in [0.4, 0.5) is 0 Å². The molecule has 2 rings (SSSR count). The Morgan fingerprint density at radius 1 is 1.30 bits per heavy atom. The number of aromatic nitrogens is 2. The molecule has 0 aliphatic rings. The van der Waals surface area contributed by atoms with Crippen LogP contribution in [0.1, 0.15) is 43.5 Å². The van der Waals surface area contributed by atoms with Crippen molar-refractivity contribution in [3.8, 4) is 0 Å². The summed E-state index contributed by atoms with van der Waals surface area (Å²) in [5, 5.41) is 5.42. The van der Waals surface area contributed by atoms with Crippen molar-refractivity contribution < 1.29 is 0 Å². The van der Waals surface area contributed by atoms with E-state index in [4.69, 9.17) is 17.3 Å². The second kappa shape index (κ2) is 6.91. The van der Waals surface area contributed by atoms with E-state index < -0.39 is 0 Å².